The SMILES string of the molecule is CC(C)COC(=O)C1CSC(CC(C)C)N1C(=O)/C=C/c1ccccc1. The molecule has 2 rings (SSSR count). The second-order valence-electron chi connectivity index (χ2n) is 7.45. The van der Waals surface area contributed by atoms with Crippen molar-refractivity contribution in [2.24, 2.45) is 11.8 Å². The van der Waals surface area contributed by atoms with E-state index in [2.05, 4.69) is 13.8 Å². The van der Waals surface area contributed by atoms with Gasteiger partial charge >= 0.3 is 5.97 Å². The smallest absolute Gasteiger partial charge is 0.329 e. The molecular weight excluding hydrogens is 346 g/mol. The van der Waals surface area contributed by atoms with Crippen LogP contribution in [0.1, 0.15) is 39.7 Å². The van der Waals surface area contributed by atoms with Crippen molar-refractivity contribution in [2.45, 2.75) is 45.5 Å². The largest absolute Gasteiger partial charge is 0.464 e. The van der Waals surface area contributed by atoms with E-state index in [-0.39, 0.29) is 23.2 Å². The lowest BCUT2D eigenvalue weighted by atomic mass is 10.1. The van der Waals surface area contributed by atoms with E-state index in [0.29, 0.717) is 18.3 Å². The predicted molar refractivity (Wildman–Crippen MR) is 108 cm³/mol. The number of benzene rings is 1. The van der Waals surface area contributed by atoms with E-state index in [4.69, 9.17) is 4.74 Å². The third kappa shape index (κ3) is 5.90. The second kappa shape index (κ2) is 9.81. The van der Waals surface area contributed by atoms with Crippen molar-refractivity contribution in [2.75, 3.05) is 12.4 Å². The van der Waals surface area contributed by atoms with Crippen molar-refractivity contribution >= 4 is 29.7 Å². The molecule has 0 saturated carbocycles. The highest BCUT2D eigenvalue weighted by atomic mass is 32.2. The van der Waals surface area contributed by atoms with Crippen LogP contribution >= 0.6 is 11.8 Å². The molecule has 1 aliphatic heterocycles. The van der Waals surface area contributed by atoms with Crippen molar-refractivity contribution in [1.82, 2.24) is 4.90 Å². The fourth-order valence-corrected chi connectivity index (χ4v) is 4.42. The summed E-state index contributed by atoms with van der Waals surface area (Å²) in [6.45, 7) is 8.66. The topological polar surface area (TPSA) is 46.6 Å². The van der Waals surface area contributed by atoms with Gasteiger partial charge in [0, 0.05) is 11.8 Å². The summed E-state index contributed by atoms with van der Waals surface area (Å²) in [6, 6.07) is 9.20. The summed E-state index contributed by atoms with van der Waals surface area (Å²) < 4.78 is 5.41. The summed E-state index contributed by atoms with van der Waals surface area (Å²) in [7, 11) is 0. The average molecular weight is 376 g/mol. The van der Waals surface area contributed by atoms with E-state index in [1.165, 1.54) is 0 Å². The van der Waals surface area contributed by atoms with E-state index >= 15 is 0 Å². The summed E-state index contributed by atoms with van der Waals surface area (Å²) in [5.74, 6) is 0.905. The Morgan fingerprint density at radius 3 is 2.50 bits per heavy atom. The quantitative estimate of drug-likeness (QED) is 0.529. The maximum Gasteiger partial charge on any atom is 0.329 e. The maximum absolute atomic E-state index is 12.9. The first kappa shape index (κ1) is 20.6. The normalized spacial score (nSPS) is 20.3. The number of hydrogen-bond acceptors (Lipinski definition) is 4. The van der Waals surface area contributed by atoms with Gasteiger partial charge in [0.15, 0.2) is 0 Å². The molecule has 0 aromatic heterocycles. The molecule has 1 heterocycles. The number of ether oxygens (including phenoxy) is 1. The average Bonchev–Trinajstić information content (AvgIpc) is 3.01. The van der Waals surface area contributed by atoms with Crippen LogP contribution in [0.5, 0.6) is 0 Å². The van der Waals surface area contributed by atoms with Gasteiger partial charge in [0.25, 0.3) is 0 Å². The molecule has 1 aromatic carbocycles. The molecule has 1 saturated heterocycles. The van der Waals surface area contributed by atoms with Crippen LogP contribution in [-0.4, -0.2) is 40.6 Å². The van der Waals surface area contributed by atoms with Crippen LogP contribution in [0.3, 0.4) is 0 Å². The molecule has 1 fully saturated rings. The van der Waals surface area contributed by atoms with Crippen molar-refractivity contribution in [3.63, 3.8) is 0 Å². The number of amides is 1. The number of carbonyl (C=O) groups is 2. The summed E-state index contributed by atoms with van der Waals surface area (Å²) in [5, 5.41) is 0.0134. The van der Waals surface area contributed by atoms with E-state index in [9.17, 15) is 9.59 Å². The standard InChI is InChI=1S/C21H29NO3S/c1-15(2)12-20-22(18(14-26-20)21(24)25-13-16(3)4)19(23)11-10-17-8-6-5-7-9-17/h5-11,15-16,18,20H,12-14H2,1-4H3/b11-10+. The molecule has 2 unspecified atom stereocenters. The van der Waals surface area contributed by atoms with Crippen LogP contribution < -0.4 is 0 Å². The lowest BCUT2D eigenvalue weighted by Gasteiger charge is -2.28. The molecule has 1 aliphatic rings. The number of thioether (sulfide) groups is 1. The van der Waals surface area contributed by atoms with Gasteiger partial charge in [-0.15, -0.1) is 11.8 Å². The van der Waals surface area contributed by atoms with Gasteiger partial charge in [-0.1, -0.05) is 58.0 Å². The molecule has 4 nitrogen and oxygen atoms in total. The molecule has 26 heavy (non-hydrogen) atoms. The lowest BCUT2D eigenvalue weighted by molar-refractivity contribution is -0.153. The van der Waals surface area contributed by atoms with Gasteiger partial charge in [0.05, 0.1) is 12.0 Å². The minimum absolute atomic E-state index is 0.0134. The minimum Gasteiger partial charge on any atom is -0.464 e. The molecule has 5 heteroatoms. The Labute approximate surface area is 161 Å². The monoisotopic (exact) mass is 375 g/mol. The first-order chi connectivity index (χ1) is 12.4. The third-order valence-corrected chi connectivity index (χ3v) is 5.38. The third-order valence-electron chi connectivity index (χ3n) is 4.07. The zero-order valence-corrected chi connectivity index (χ0v) is 16.9. The highest BCUT2D eigenvalue weighted by molar-refractivity contribution is 8.00. The van der Waals surface area contributed by atoms with E-state index in [0.717, 1.165) is 12.0 Å². The Morgan fingerprint density at radius 1 is 1.19 bits per heavy atom. The van der Waals surface area contributed by atoms with E-state index < -0.39 is 6.04 Å². The predicted octanol–water partition coefficient (Wildman–Crippen LogP) is 4.22. The molecule has 2 atom stereocenters. The number of nitrogens with zero attached hydrogens (tertiary/aromatic N) is 1. The van der Waals surface area contributed by atoms with Crippen molar-refractivity contribution < 1.29 is 14.3 Å². The van der Waals surface area contributed by atoms with E-state index in [1.54, 1.807) is 28.8 Å². The van der Waals surface area contributed by atoms with Gasteiger partial charge in [-0.3, -0.25) is 4.79 Å². The van der Waals surface area contributed by atoms with Gasteiger partial charge in [0.1, 0.15) is 6.04 Å². The summed E-state index contributed by atoms with van der Waals surface area (Å²) in [5.41, 5.74) is 0.965. The zero-order valence-electron chi connectivity index (χ0n) is 16.1. The molecule has 1 amide bonds. The zero-order chi connectivity index (χ0) is 19.1. The summed E-state index contributed by atoms with van der Waals surface area (Å²) >= 11 is 1.67. The van der Waals surface area contributed by atoms with Crippen LogP contribution in [0, 0.1) is 11.8 Å². The van der Waals surface area contributed by atoms with Crippen LogP contribution in [0.2, 0.25) is 0 Å². The minimum atomic E-state index is -0.504. The molecular formula is C21H29NO3S. The van der Waals surface area contributed by atoms with Gasteiger partial charge in [0.2, 0.25) is 5.91 Å². The number of hydrogen-bond donors (Lipinski definition) is 0. The fraction of sp³-hybridized carbons (Fsp3) is 0.524. The van der Waals surface area contributed by atoms with Crippen molar-refractivity contribution in [1.29, 1.82) is 0 Å². The van der Waals surface area contributed by atoms with Crippen molar-refractivity contribution in [3.8, 4) is 0 Å². The molecule has 142 valence electrons. The molecule has 1 aromatic rings. The van der Waals surface area contributed by atoms with Gasteiger partial charge < -0.3 is 9.64 Å². The Hall–Kier alpha value is -1.75. The van der Waals surface area contributed by atoms with Crippen LogP contribution in [0.25, 0.3) is 6.08 Å². The maximum atomic E-state index is 12.9. The highest BCUT2D eigenvalue weighted by Crippen LogP contribution is 2.34. The molecule has 0 radical (unpaired) electrons. The van der Waals surface area contributed by atoms with Crippen LogP contribution in [-0.2, 0) is 14.3 Å². The highest BCUT2D eigenvalue weighted by Gasteiger charge is 2.41. The number of carbonyl (C=O) groups excluding carboxylic acids is 2. The van der Waals surface area contributed by atoms with Crippen molar-refractivity contribution in [3.05, 3.63) is 42.0 Å². The van der Waals surface area contributed by atoms with Gasteiger partial charge in [-0.25, -0.2) is 4.79 Å². The first-order valence-corrected chi connectivity index (χ1v) is 10.3. The van der Waals surface area contributed by atoms with Crippen LogP contribution in [0.4, 0.5) is 0 Å². The van der Waals surface area contributed by atoms with E-state index in [1.807, 2.05) is 44.2 Å². The molecule has 0 N–H and O–H groups in total. The Balaban J connectivity index is 2.13. The lowest BCUT2D eigenvalue weighted by Crippen LogP contribution is -2.46. The van der Waals surface area contributed by atoms with Gasteiger partial charge in [-0.2, -0.15) is 0 Å². The first-order valence-electron chi connectivity index (χ1n) is 9.22. The summed E-state index contributed by atoms with van der Waals surface area (Å²) in [4.78, 5) is 27.1. The molecule has 0 aliphatic carbocycles. The number of rotatable bonds is 7. The summed E-state index contributed by atoms with van der Waals surface area (Å²) in [6.07, 6.45) is 4.23. The fourth-order valence-electron chi connectivity index (χ4n) is 2.79. The number of esters is 1. The molecule has 0 spiro atoms. The Morgan fingerprint density at radius 2 is 1.88 bits per heavy atom. The Bertz CT molecular complexity index is 627. The second-order valence-corrected chi connectivity index (χ2v) is 8.66. The van der Waals surface area contributed by atoms with Gasteiger partial charge in [-0.05, 0) is 29.9 Å². The Kier molecular flexibility index (Phi) is 7.76. The molecule has 0 bridgehead atoms. The van der Waals surface area contributed by atoms with Crippen LogP contribution in [0.15, 0.2) is 36.4 Å².